The van der Waals surface area contributed by atoms with E-state index in [0.717, 1.165) is 55.3 Å². The van der Waals surface area contributed by atoms with Gasteiger partial charge in [0.2, 0.25) is 0 Å². The second kappa shape index (κ2) is 8.91. The topological polar surface area (TPSA) is 44.8 Å². The third kappa shape index (κ3) is 5.47. The first-order valence-corrected chi connectivity index (χ1v) is 9.62. The average Bonchev–Trinajstić information content (AvgIpc) is 2.66. The molecule has 0 unspecified atom stereocenters. The Morgan fingerprint density at radius 2 is 1.63 bits per heavy atom. The van der Waals surface area contributed by atoms with Crippen molar-refractivity contribution >= 4 is 17.3 Å². The maximum Gasteiger partial charge on any atom is 0.262 e. The fourth-order valence-electron chi connectivity index (χ4n) is 3.44. The van der Waals surface area contributed by atoms with E-state index in [4.69, 9.17) is 4.74 Å². The van der Waals surface area contributed by atoms with Gasteiger partial charge in [-0.3, -0.25) is 4.79 Å². The second-order valence-corrected chi connectivity index (χ2v) is 7.13. The van der Waals surface area contributed by atoms with Gasteiger partial charge in [0.25, 0.3) is 5.91 Å². The number of nitrogens with one attached hydrogen (secondary N) is 1. The van der Waals surface area contributed by atoms with Crippen molar-refractivity contribution in [3.8, 4) is 5.75 Å². The number of carbonyl (C=O) groups excluding carboxylic acids is 1. The molecule has 0 bridgehead atoms. The SMILES string of the molecule is CCN1CCN(c2ccc(NC(=O)COc3cc(C)cc(C)c3)cc2)CC1. The smallest absolute Gasteiger partial charge is 0.262 e. The molecule has 3 rings (SSSR count). The highest BCUT2D eigenvalue weighted by molar-refractivity contribution is 5.92. The first-order chi connectivity index (χ1) is 13.0. The molecule has 2 aromatic carbocycles. The van der Waals surface area contributed by atoms with Crippen LogP contribution < -0.4 is 15.0 Å². The summed E-state index contributed by atoms with van der Waals surface area (Å²) in [6, 6.07) is 14.0. The summed E-state index contributed by atoms with van der Waals surface area (Å²) in [5, 5.41) is 2.90. The van der Waals surface area contributed by atoms with E-state index in [2.05, 4.69) is 40.2 Å². The summed E-state index contributed by atoms with van der Waals surface area (Å²) in [4.78, 5) is 17.0. The molecule has 0 aliphatic carbocycles. The zero-order valence-electron chi connectivity index (χ0n) is 16.5. The molecule has 1 amide bonds. The van der Waals surface area contributed by atoms with Crippen LogP contribution >= 0.6 is 0 Å². The van der Waals surface area contributed by atoms with Crippen LogP contribution in [-0.2, 0) is 4.79 Å². The van der Waals surface area contributed by atoms with Crippen LogP contribution in [0.15, 0.2) is 42.5 Å². The van der Waals surface area contributed by atoms with E-state index in [1.54, 1.807) is 0 Å². The fraction of sp³-hybridized carbons (Fsp3) is 0.409. The van der Waals surface area contributed by atoms with Crippen LogP contribution in [0.1, 0.15) is 18.1 Å². The van der Waals surface area contributed by atoms with Crippen molar-refractivity contribution in [1.29, 1.82) is 0 Å². The summed E-state index contributed by atoms with van der Waals surface area (Å²) >= 11 is 0. The highest BCUT2D eigenvalue weighted by Gasteiger charge is 2.15. The lowest BCUT2D eigenvalue weighted by molar-refractivity contribution is -0.118. The summed E-state index contributed by atoms with van der Waals surface area (Å²) in [5.74, 6) is 0.572. The van der Waals surface area contributed by atoms with Crippen LogP contribution in [0.5, 0.6) is 5.75 Å². The minimum absolute atomic E-state index is 0.00359. The van der Waals surface area contributed by atoms with Crippen molar-refractivity contribution in [2.24, 2.45) is 0 Å². The molecule has 1 aliphatic heterocycles. The number of anilines is 2. The Morgan fingerprint density at radius 3 is 2.22 bits per heavy atom. The Morgan fingerprint density at radius 1 is 1.00 bits per heavy atom. The summed E-state index contributed by atoms with van der Waals surface area (Å²) in [5.41, 5.74) is 4.25. The maximum absolute atomic E-state index is 12.2. The molecule has 0 aromatic heterocycles. The lowest BCUT2D eigenvalue weighted by Crippen LogP contribution is -2.46. The van der Waals surface area contributed by atoms with Gasteiger partial charge in [-0.2, -0.15) is 0 Å². The van der Waals surface area contributed by atoms with E-state index in [1.807, 2.05) is 38.1 Å². The van der Waals surface area contributed by atoms with Crippen molar-refractivity contribution in [3.63, 3.8) is 0 Å². The van der Waals surface area contributed by atoms with Crippen molar-refractivity contribution in [1.82, 2.24) is 4.90 Å². The zero-order chi connectivity index (χ0) is 19.2. The van der Waals surface area contributed by atoms with Gasteiger partial charge < -0.3 is 19.9 Å². The average molecular weight is 367 g/mol. The molecular weight excluding hydrogens is 338 g/mol. The van der Waals surface area contributed by atoms with Crippen LogP contribution in [-0.4, -0.2) is 50.1 Å². The van der Waals surface area contributed by atoms with Gasteiger partial charge in [-0.25, -0.2) is 0 Å². The summed E-state index contributed by atoms with van der Waals surface area (Å²) in [7, 11) is 0. The number of aryl methyl sites for hydroxylation is 2. The molecular formula is C22H29N3O2. The lowest BCUT2D eigenvalue weighted by Gasteiger charge is -2.35. The molecule has 1 saturated heterocycles. The van der Waals surface area contributed by atoms with Crippen LogP contribution in [0.2, 0.25) is 0 Å². The molecule has 1 aliphatic rings. The Labute approximate surface area is 161 Å². The minimum Gasteiger partial charge on any atom is -0.484 e. The molecule has 0 atom stereocenters. The number of piperazine rings is 1. The number of likely N-dealkylation sites (N-methyl/N-ethyl adjacent to an activating group) is 1. The molecule has 0 radical (unpaired) electrons. The van der Waals surface area contributed by atoms with Gasteiger partial charge in [-0.1, -0.05) is 13.0 Å². The molecule has 5 nitrogen and oxygen atoms in total. The third-order valence-corrected chi connectivity index (χ3v) is 4.90. The van der Waals surface area contributed by atoms with Gasteiger partial charge in [0.1, 0.15) is 5.75 Å². The largest absolute Gasteiger partial charge is 0.484 e. The fourth-order valence-corrected chi connectivity index (χ4v) is 3.44. The number of ether oxygens (including phenoxy) is 1. The zero-order valence-corrected chi connectivity index (χ0v) is 16.5. The number of hydrogen-bond acceptors (Lipinski definition) is 4. The Bertz CT molecular complexity index is 745. The third-order valence-electron chi connectivity index (χ3n) is 4.90. The summed E-state index contributed by atoms with van der Waals surface area (Å²) < 4.78 is 5.62. The van der Waals surface area contributed by atoms with Crippen molar-refractivity contribution in [3.05, 3.63) is 53.6 Å². The predicted molar refractivity (Wildman–Crippen MR) is 111 cm³/mol. The number of amides is 1. The monoisotopic (exact) mass is 367 g/mol. The van der Waals surface area contributed by atoms with Gasteiger partial charge in [0, 0.05) is 37.6 Å². The van der Waals surface area contributed by atoms with Gasteiger partial charge in [-0.15, -0.1) is 0 Å². The highest BCUT2D eigenvalue weighted by atomic mass is 16.5. The number of carbonyl (C=O) groups is 1. The van der Waals surface area contributed by atoms with Gasteiger partial charge in [0.05, 0.1) is 0 Å². The Hall–Kier alpha value is -2.53. The van der Waals surface area contributed by atoms with E-state index in [9.17, 15) is 4.79 Å². The first-order valence-electron chi connectivity index (χ1n) is 9.62. The van der Waals surface area contributed by atoms with E-state index < -0.39 is 0 Å². The Balaban J connectivity index is 1.49. The molecule has 1 heterocycles. The summed E-state index contributed by atoms with van der Waals surface area (Å²) in [6.07, 6.45) is 0. The normalized spacial score (nSPS) is 14.9. The quantitative estimate of drug-likeness (QED) is 0.849. The number of rotatable bonds is 6. The molecule has 1 fully saturated rings. The minimum atomic E-state index is -0.154. The van der Waals surface area contributed by atoms with E-state index in [-0.39, 0.29) is 12.5 Å². The molecule has 0 spiro atoms. The van der Waals surface area contributed by atoms with Gasteiger partial charge >= 0.3 is 0 Å². The molecule has 0 saturated carbocycles. The van der Waals surface area contributed by atoms with Crippen molar-refractivity contribution < 1.29 is 9.53 Å². The molecule has 27 heavy (non-hydrogen) atoms. The summed E-state index contributed by atoms with van der Waals surface area (Å²) in [6.45, 7) is 11.7. The van der Waals surface area contributed by atoms with Crippen molar-refractivity contribution in [2.45, 2.75) is 20.8 Å². The van der Waals surface area contributed by atoms with Crippen molar-refractivity contribution in [2.75, 3.05) is 49.5 Å². The van der Waals surface area contributed by atoms with Crippen LogP contribution in [0.25, 0.3) is 0 Å². The van der Waals surface area contributed by atoms with E-state index in [0.29, 0.717) is 0 Å². The molecule has 1 N–H and O–H groups in total. The second-order valence-electron chi connectivity index (χ2n) is 7.13. The van der Waals surface area contributed by atoms with Crippen LogP contribution in [0.3, 0.4) is 0 Å². The standard InChI is InChI=1S/C22H29N3O2/c1-4-24-9-11-25(12-10-24)20-7-5-19(6-8-20)23-22(26)16-27-21-14-17(2)13-18(3)15-21/h5-8,13-15H,4,9-12,16H2,1-3H3,(H,23,26). The van der Waals surface area contributed by atoms with E-state index >= 15 is 0 Å². The molecule has 5 heteroatoms. The maximum atomic E-state index is 12.2. The highest BCUT2D eigenvalue weighted by Crippen LogP contribution is 2.20. The molecule has 2 aromatic rings. The van der Waals surface area contributed by atoms with Gasteiger partial charge in [0.15, 0.2) is 6.61 Å². The first kappa shape index (κ1) is 19.2. The number of hydrogen-bond donors (Lipinski definition) is 1. The van der Waals surface area contributed by atoms with Crippen LogP contribution in [0, 0.1) is 13.8 Å². The predicted octanol–water partition coefficient (Wildman–Crippen LogP) is 3.46. The van der Waals surface area contributed by atoms with Gasteiger partial charge in [-0.05, 0) is 67.9 Å². The van der Waals surface area contributed by atoms with Crippen LogP contribution in [0.4, 0.5) is 11.4 Å². The lowest BCUT2D eigenvalue weighted by atomic mass is 10.1. The Kier molecular flexibility index (Phi) is 6.35. The number of benzene rings is 2. The van der Waals surface area contributed by atoms with E-state index in [1.165, 1.54) is 5.69 Å². The number of nitrogens with zero attached hydrogens (tertiary/aromatic N) is 2. The molecule has 144 valence electrons.